The van der Waals surface area contributed by atoms with Gasteiger partial charge in [-0.05, 0) is 42.0 Å². The number of hydrogen-bond acceptors (Lipinski definition) is 4. The number of halogens is 4. The van der Waals surface area contributed by atoms with Crippen LogP contribution >= 0.6 is 11.6 Å². The second-order valence-corrected chi connectivity index (χ2v) is 7.52. The standard InChI is InChI=1S/C21H15ClF3N3O4/c22-13-5-1-11(2-6-13)18-17-15(10-32-19(17)30)28(20(31)27-18)9-16(29)26-14-7-3-12(4-8-14)21(23,24)25/h1-8,18H,9-10H2,(H,26,29)(H,27,31)/t18-/m0/s1. The zero-order valence-electron chi connectivity index (χ0n) is 16.2. The zero-order chi connectivity index (χ0) is 23.0. The number of rotatable bonds is 4. The molecule has 0 radical (unpaired) electrons. The summed E-state index contributed by atoms with van der Waals surface area (Å²) >= 11 is 5.90. The van der Waals surface area contributed by atoms with Crippen molar-refractivity contribution >= 4 is 35.2 Å². The molecule has 2 N–H and O–H groups in total. The smallest absolute Gasteiger partial charge is 0.416 e. The summed E-state index contributed by atoms with van der Waals surface area (Å²) in [6, 6.07) is 9.08. The third-order valence-corrected chi connectivity index (χ3v) is 5.25. The fraction of sp³-hybridized carbons (Fsp3) is 0.190. The van der Waals surface area contributed by atoms with Gasteiger partial charge in [0.15, 0.2) is 0 Å². The van der Waals surface area contributed by atoms with Gasteiger partial charge < -0.3 is 15.4 Å². The van der Waals surface area contributed by atoms with E-state index in [9.17, 15) is 27.6 Å². The van der Waals surface area contributed by atoms with Gasteiger partial charge in [-0.1, -0.05) is 23.7 Å². The molecule has 2 aromatic rings. The predicted molar refractivity (Wildman–Crippen MR) is 107 cm³/mol. The quantitative estimate of drug-likeness (QED) is 0.671. The normalized spacial score (nSPS) is 18.2. The second kappa shape index (κ2) is 8.19. The van der Waals surface area contributed by atoms with Crippen LogP contribution in [0.3, 0.4) is 0 Å². The molecule has 0 spiro atoms. The summed E-state index contributed by atoms with van der Waals surface area (Å²) in [6.07, 6.45) is -4.49. The Morgan fingerprint density at radius 1 is 1.12 bits per heavy atom. The van der Waals surface area contributed by atoms with E-state index >= 15 is 0 Å². The molecule has 0 bridgehead atoms. The van der Waals surface area contributed by atoms with Crippen LogP contribution in [-0.2, 0) is 20.5 Å². The Balaban J connectivity index is 1.53. The van der Waals surface area contributed by atoms with Crippen LogP contribution in [0.5, 0.6) is 0 Å². The van der Waals surface area contributed by atoms with E-state index in [1.807, 2.05) is 0 Å². The van der Waals surface area contributed by atoms with Gasteiger partial charge >= 0.3 is 18.2 Å². The Hall–Kier alpha value is -3.53. The van der Waals surface area contributed by atoms with E-state index in [4.69, 9.17) is 16.3 Å². The average Bonchev–Trinajstić information content (AvgIpc) is 3.12. The third-order valence-electron chi connectivity index (χ3n) is 5.00. The molecule has 166 valence electrons. The van der Waals surface area contributed by atoms with Crippen molar-refractivity contribution in [2.24, 2.45) is 0 Å². The summed E-state index contributed by atoms with van der Waals surface area (Å²) in [5.41, 5.74) is 0.349. The van der Waals surface area contributed by atoms with Gasteiger partial charge in [-0.3, -0.25) is 9.69 Å². The summed E-state index contributed by atoms with van der Waals surface area (Å²) in [7, 11) is 0. The van der Waals surface area contributed by atoms with E-state index in [1.54, 1.807) is 24.3 Å². The van der Waals surface area contributed by atoms with Gasteiger partial charge in [-0.2, -0.15) is 13.2 Å². The molecule has 2 aliphatic rings. The summed E-state index contributed by atoms with van der Waals surface area (Å²) in [6.45, 7) is -0.644. The van der Waals surface area contributed by atoms with Gasteiger partial charge in [0.1, 0.15) is 13.2 Å². The largest absolute Gasteiger partial charge is 0.456 e. The monoisotopic (exact) mass is 465 g/mol. The number of amides is 3. The number of carbonyl (C=O) groups is 3. The van der Waals surface area contributed by atoms with Crippen LogP contribution in [0, 0.1) is 0 Å². The summed E-state index contributed by atoms with van der Waals surface area (Å²) in [5.74, 6) is -1.27. The van der Waals surface area contributed by atoms with Gasteiger partial charge in [0.2, 0.25) is 5.91 Å². The first-order chi connectivity index (χ1) is 15.1. The lowest BCUT2D eigenvalue weighted by Gasteiger charge is -2.32. The van der Waals surface area contributed by atoms with E-state index in [0.29, 0.717) is 10.6 Å². The Morgan fingerprint density at radius 2 is 1.78 bits per heavy atom. The molecule has 11 heteroatoms. The van der Waals surface area contributed by atoms with Gasteiger partial charge in [-0.15, -0.1) is 0 Å². The first-order valence-corrected chi connectivity index (χ1v) is 9.72. The van der Waals surface area contributed by atoms with Crippen molar-refractivity contribution in [3.8, 4) is 0 Å². The molecule has 0 unspecified atom stereocenters. The number of anilines is 1. The minimum Gasteiger partial charge on any atom is -0.456 e. The lowest BCUT2D eigenvalue weighted by molar-refractivity contribution is -0.138. The van der Waals surface area contributed by atoms with Crippen LogP contribution in [0.15, 0.2) is 59.8 Å². The summed E-state index contributed by atoms with van der Waals surface area (Å²) in [5, 5.41) is 5.60. The molecular formula is C21H15ClF3N3O4. The Bertz CT molecular complexity index is 1110. The minimum absolute atomic E-state index is 0.132. The van der Waals surface area contributed by atoms with Crippen molar-refractivity contribution in [2.75, 3.05) is 18.5 Å². The maximum Gasteiger partial charge on any atom is 0.416 e. The first kappa shape index (κ1) is 21.7. The fourth-order valence-electron chi connectivity index (χ4n) is 3.47. The highest BCUT2D eigenvalue weighted by Crippen LogP contribution is 2.35. The molecule has 2 heterocycles. The van der Waals surface area contributed by atoms with Crippen molar-refractivity contribution in [1.29, 1.82) is 0 Å². The van der Waals surface area contributed by atoms with Crippen LogP contribution in [0.4, 0.5) is 23.7 Å². The highest BCUT2D eigenvalue weighted by Gasteiger charge is 2.42. The Morgan fingerprint density at radius 3 is 2.41 bits per heavy atom. The number of nitrogens with one attached hydrogen (secondary N) is 2. The molecule has 0 fully saturated rings. The number of hydrogen-bond donors (Lipinski definition) is 2. The highest BCUT2D eigenvalue weighted by atomic mass is 35.5. The molecule has 0 saturated heterocycles. The van der Waals surface area contributed by atoms with Gasteiger partial charge in [0.05, 0.1) is 22.9 Å². The van der Waals surface area contributed by atoms with E-state index < -0.39 is 42.2 Å². The van der Waals surface area contributed by atoms with Crippen molar-refractivity contribution in [3.63, 3.8) is 0 Å². The molecule has 2 aromatic carbocycles. The topological polar surface area (TPSA) is 87.7 Å². The number of carbonyl (C=O) groups excluding carboxylic acids is 3. The number of benzene rings is 2. The van der Waals surface area contributed by atoms with Crippen LogP contribution < -0.4 is 10.6 Å². The molecule has 1 atom stereocenters. The molecule has 0 aromatic heterocycles. The van der Waals surface area contributed by atoms with Crippen molar-refractivity contribution in [2.45, 2.75) is 12.2 Å². The van der Waals surface area contributed by atoms with Crippen molar-refractivity contribution in [1.82, 2.24) is 10.2 Å². The molecule has 0 saturated carbocycles. The van der Waals surface area contributed by atoms with Crippen LogP contribution in [0.25, 0.3) is 0 Å². The summed E-state index contributed by atoms with van der Waals surface area (Å²) in [4.78, 5) is 38.6. The van der Waals surface area contributed by atoms with Crippen LogP contribution in [0.2, 0.25) is 5.02 Å². The molecular weight excluding hydrogens is 451 g/mol. The third kappa shape index (κ3) is 4.26. The number of esters is 1. The lowest BCUT2D eigenvalue weighted by atomic mass is 9.96. The van der Waals surface area contributed by atoms with Crippen LogP contribution in [0.1, 0.15) is 17.2 Å². The second-order valence-electron chi connectivity index (χ2n) is 7.08. The zero-order valence-corrected chi connectivity index (χ0v) is 17.0. The summed E-state index contributed by atoms with van der Waals surface area (Å²) < 4.78 is 43.1. The molecule has 0 aliphatic carbocycles. The van der Waals surface area contributed by atoms with Crippen molar-refractivity contribution in [3.05, 3.63) is 76.0 Å². The van der Waals surface area contributed by atoms with Gasteiger partial charge in [0, 0.05) is 10.7 Å². The molecule has 32 heavy (non-hydrogen) atoms. The number of nitrogens with zero attached hydrogens (tertiary/aromatic N) is 1. The first-order valence-electron chi connectivity index (χ1n) is 9.34. The Kier molecular flexibility index (Phi) is 5.55. The number of cyclic esters (lactones) is 1. The maximum absolute atomic E-state index is 12.7. The van der Waals surface area contributed by atoms with Crippen molar-refractivity contribution < 1.29 is 32.3 Å². The molecule has 4 rings (SSSR count). The van der Waals surface area contributed by atoms with E-state index in [0.717, 1.165) is 29.2 Å². The molecule has 3 amide bonds. The highest BCUT2D eigenvalue weighted by molar-refractivity contribution is 6.30. The number of urea groups is 1. The minimum atomic E-state index is -4.49. The molecule has 7 nitrogen and oxygen atoms in total. The lowest BCUT2D eigenvalue weighted by Crippen LogP contribution is -2.49. The fourth-order valence-corrected chi connectivity index (χ4v) is 3.60. The maximum atomic E-state index is 12.7. The average molecular weight is 466 g/mol. The van der Waals surface area contributed by atoms with E-state index in [1.165, 1.54) is 0 Å². The van der Waals surface area contributed by atoms with E-state index in [-0.39, 0.29) is 23.6 Å². The van der Waals surface area contributed by atoms with Crippen LogP contribution in [-0.4, -0.2) is 36.0 Å². The molecule has 2 aliphatic heterocycles. The SMILES string of the molecule is O=C(CN1C(=O)N[C@@H](c2ccc(Cl)cc2)C2=C1COC2=O)Nc1ccc(C(F)(F)F)cc1. The number of alkyl halides is 3. The predicted octanol–water partition coefficient (Wildman–Crippen LogP) is 3.87. The Labute approximate surface area is 184 Å². The number of ether oxygens (including phenoxy) is 1. The van der Waals surface area contributed by atoms with E-state index in [2.05, 4.69) is 10.6 Å². The van der Waals surface area contributed by atoms with Gasteiger partial charge in [0.25, 0.3) is 0 Å². The van der Waals surface area contributed by atoms with Gasteiger partial charge in [-0.25, -0.2) is 9.59 Å².